The van der Waals surface area contributed by atoms with Gasteiger partial charge in [-0.05, 0) is 37.8 Å². The third-order valence-electron chi connectivity index (χ3n) is 3.42. The average Bonchev–Trinajstić information content (AvgIpc) is 2.89. The summed E-state index contributed by atoms with van der Waals surface area (Å²) in [5.41, 5.74) is 5.40. The van der Waals surface area contributed by atoms with Crippen LogP contribution in [0.4, 0.5) is 0 Å². The number of hydrogen-bond acceptors (Lipinski definition) is 5. The molecule has 3 N–H and O–H groups in total. The van der Waals surface area contributed by atoms with Crippen molar-refractivity contribution in [2.75, 3.05) is 13.2 Å². The zero-order chi connectivity index (χ0) is 13.9. The van der Waals surface area contributed by atoms with Crippen LogP contribution in [0.5, 0.6) is 0 Å². The van der Waals surface area contributed by atoms with Gasteiger partial charge >= 0.3 is 0 Å². The lowest BCUT2D eigenvalue weighted by molar-refractivity contribution is 0.0585. The maximum Gasteiger partial charge on any atom is 0.274 e. The van der Waals surface area contributed by atoms with Gasteiger partial charge in [0.15, 0.2) is 0 Å². The maximum absolute atomic E-state index is 12.1. The molecule has 1 aliphatic rings. The molecule has 0 amide bonds. The summed E-state index contributed by atoms with van der Waals surface area (Å²) in [6, 6.07) is 2.87. The van der Waals surface area contributed by atoms with Gasteiger partial charge in [0.05, 0.1) is 6.54 Å². The van der Waals surface area contributed by atoms with Gasteiger partial charge in [-0.3, -0.25) is 0 Å². The zero-order valence-corrected chi connectivity index (χ0v) is 11.8. The van der Waals surface area contributed by atoms with Crippen molar-refractivity contribution >= 4 is 10.0 Å². The third kappa shape index (κ3) is 3.56. The van der Waals surface area contributed by atoms with Crippen molar-refractivity contribution < 1.29 is 17.6 Å². The van der Waals surface area contributed by atoms with E-state index in [0.29, 0.717) is 24.9 Å². The second kappa shape index (κ2) is 6.04. The summed E-state index contributed by atoms with van der Waals surface area (Å²) in [4.78, 5) is 0. The molecule has 7 heteroatoms. The van der Waals surface area contributed by atoms with Gasteiger partial charge in [0, 0.05) is 19.3 Å². The highest BCUT2D eigenvalue weighted by molar-refractivity contribution is 7.89. The molecule has 108 valence electrons. The molecule has 1 unspecified atom stereocenters. The highest BCUT2D eigenvalue weighted by Crippen LogP contribution is 2.21. The molecule has 0 bridgehead atoms. The number of hydrogen-bond donors (Lipinski definition) is 2. The van der Waals surface area contributed by atoms with Crippen molar-refractivity contribution in [3.63, 3.8) is 0 Å². The monoisotopic (exact) mass is 288 g/mol. The average molecular weight is 288 g/mol. The van der Waals surface area contributed by atoms with Crippen molar-refractivity contribution in [2.45, 2.75) is 37.4 Å². The van der Waals surface area contributed by atoms with Crippen LogP contribution in [0.25, 0.3) is 0 Å². The lowest BCUT2D eigenvalue weighted by Gasteiger charge is -2.27. The molecule has 1 atom stereocenters. The quantitative estimate of drug-likeness (QED) is 0.837. The normalized spacial score (nSPS) is 19.5. The Kier molecular flexibility index (Phi) is 4.62. The predicted octanol–water partition coefficient (Wildman–Crippen LogP) is 0.832. The molecule has 0 spiro atoms. The van der Waals surface area contributed by atoms with Gasteiger partial charge < -0.3 is 14.9 Å². The van der Waals surface area contributed by atoms with E-state index in [1.165, 1.54) is 6.07 Å². The molecule has 0 aromatic carbocycles. The van der Waals surface area contributed by atoms with E-state index in [2.05, 4.69) is 4.72 Å². The molecule has 2 rings (SSSR count). The molecule has 0 radical (unpaired) electrons. The summed E-state index contributed by atoms with van der Waals surface area (Å²) in [6.45, 7) is 3.44. The van der Waals surface area contributed by atoms with E-state index in [1.807, 2.05) is 6.92 Å². The fourth-order valence-electron chi connectivity index (χ4n) is 2.23. The number of rotatable bonds is 5. The van der Waals surface area contributed by atoms with Gasteiger partial charge in [-0.15, -0.1) is 0 Å². The number of nitrogens with one attached hydrogen (secondary N) is 1. The highest BCUT2D eigenvalue weighted by Gasteiger charge is 2.27. The van der Waals surface area contributed by atoms with Crippen molar-refractivity contribution in [3.05, 3.63) is 17.9 Å². The van der Waals surface area contributed by atoms with Crippen LogP contribution in [0, 0.1) is 5.92 Å². The minimum atomic E-state index is -3.61. The smallest absolute Gasteiger partial charge is 0.274 e. The second-order valence-corrected chi connectivity index (χ2v) is 6.43. The van der Waals surface area contributed by atoms with Gasteiger partial charge in [0.1, 0.15) is 5.76 Å². The van der Waals surface area contributed by atoms with Crippen LogP contribution in [0.15, 0.2) is 21.6 Å². The Balaban J connectivity index is 2.03. The Morgan fingerprint density at radius 3 is 2.68 bits per heavy atom. The van der Waals surface area contributed by atoms with E-state index in [-0.39, 0.29) is 17.7 Å². The Labute approximate surface area is 113 Å². The van der Waals surface area contributed by atoms with Crippen molar-refractivity contribution in [1.29, 1.82) is 0 Å². The van der Waals surface area contributed by atoms with Gasteiger partial charge in [-0.2, -0.15) is 0 Å². The summed E-state index contributed by atoms with van der Waals surface area (Å²) in [7, 11) is -3.61. The van der Waals surface area contributed by atoms with E-state index in [0.717, 1.165) is 12.8 Å². The summed E-state index contributed by atoms with van der Waals surface area (Å²) in [5, 5.41) is -0.0770. The van der Waals surface area contributed by atoms with Gasteiger partial charge in [0.2, 0.25) is 5.09 Å². The van der Waals surface area contributed by atoms with Crippen molar-refractivity contribution in [1.82, 2.24) is 4.72 Å². The predicted molar refractivity (Wildman–Crippen MR) is 69.9 cm³/mol. The Morgan fingerprint density at radius 2 is 2.11 bits per heavy atom. The summed E-state index contributed by atoms with van der Waals surface area (Å²) in [5.74, 6) is 0.756. The fraction of sp³-hybridized carbons (Fsp3) is 0.667. The van der Waals surface area contributed by atoms with Gasteiger partial charge in [-0.25, -0.2) is 13.1 Å². The molecule has 0 saturated carbocycles. The molecule has 0 aliphatic carbocycles. The Hall–Kier alpha value is -0.890. The van der Waals surface area contributed by atoms with Crippen LogP contribution >= 0.6 is 0 Å². The molecular formula is C12H20N2O4S. The van der Waals surface area contributed by atoms with E-state index in [9.17, 15) is 8.42 Å². The molecule has 1 aromatic rings. The van der Waals surface area contributed by atoms with Crippen LogP contribution < -0.4 is 10.5 Å². The summed E-state index contributed by atoms with van der Waals surface area (Å²) >= 11 is 0. The molecule has 1 fully saturated rings. The molecule has 19 heavy (non-hydrogen) atoms. The van der Waals surface area contributed by atoms with E-state index >= 15 is 0 Å². The lowest BCUT2D eigenvalue weighted by Crippen LogP contribution is -2.40. The Bertz CT molecular complexity index is 506. The van der Waals surface area contributed by atoms with Crippen LogP contribution in [0.3, 0.4) is 0 Å². The first-order chi connectivity index (χ1) is 9.03. The molecule has 1 aliphatic heterocycles. The first-order valence-electron chi connectivity index (χ1n) is 6.42. The molecule has 1 saturated heterocycles. The SMILES string of the molecule is CC(NS(=O)(=O)c1ccc(CN)o1)C1CCOCC1. The largest absolute Gasteiger partial charge is 0.447 e. The van der Waals surface area contributed by atoms with Crippen LogP contribution in [-0.4, -0.2) is 27.7 Å². The first-order valence-corrected chi connectivity index (χ1v) is 7.90. The number of furan rings is 1. The van der Waals surface area contributed by atoms with Gasteiger partial charge in [0.25, 0.3) is 10.0 Å². The zero-order valence-electron chi connectivity index (χ0n) is 11.0. The van der Waals surface area contributed by atoms with Crippen molar-refractivity contribution in [2.24, 2.45) is 11.7 Å². The molecule has 1 aromatic heterocycles. The van der Waals surface area contributed by atoms with Crippen LogP contribution in [0.2, 0.25) is 0 Å². The van der Waals surface area contributed by atoms with E-state index in [4.69, 9.17) is 14.9 Å². The fourth-order valence-corrected chi connectivity index (χ4v) is 3.49. The minimum Gasteiger partial charge on any atom is -0.447 e. The van der Waals surface area contributed by atoms with Crippen LogP contribution in [0.1, 0.15) is 25.5 Å². The number of nitrogens with two attached hydrogens (primary N) is 1. The maximum atomic E-state index is 12.1. The van der Waals surface area contributed by atoms with Crippen LogP contribution in [-0.2, 0) is 21.3 Å². The first kappa shape index (κ1) is 14.5. The van der Waals surface area contributed by atoms with E-state index < -0.39 is 10.0 Å². The summed E-state index contributed by atoms with van der Waals surface area (Å²) < 4.78 is 37.4. The lowest BCUT2D eigenvalue weighted by atomic mass is 9.94. The minimum absolute atomic E-state index is 0.0770. The highest BCUT2D eigenvalue weighted by atomic mass is 32.2. The summed E-state index contributed by atoms with van der Waals surface area (Å²) in [6.07, 6.45) is 1.74. The number of sulfonamides is 1. The topological polar surface area (TPSA) is 94.6 Å². The second-order valence-electron chi connectivity index (χ2n) is 4.78. The van der Waals surface area contributed by atoms with Gasteiger partial charge in [-0.1, -0.05) is 0 Å². The van der Waals surface area contributed by atoms with E-state index in [1.54, 1.807) is 6.07 Å². The third-order valence-corrected chi connectivity index (χ3v) is 4.85. The molecule has 6 nitrogen and oxygen atoms in total. The van der Waals surface area contributed by atoms with Crippen molar-refractivity contribution in [3.8, 4) is 0 Å². The molecular weight excluding hydrogens is 268 g/mol. The number of ether oxygens (including phenoxy) is 1. The standard InChI is InChI=1S/C12H20N2O4S/c1-9(10-4-6-17-7-5-10)14-19(15,16)12-3-2-11(8-13)18-12/h2-3,9-10,14H,4-8,13H2,1H3. The Morgan fingerprint density at radius 1 is 1.42 bits per heavy atom. The molecule has 2 heterocycles.